The average molecular weight is 244 g/mol. The highest BCUT2D eigenvalue weighted by Gasteiger charge is 2.10. The SMILES string of the molecule is CC(Cc1ccco1)Nc1nsnc1Cl. The predicted molar refractivity (Wildman–Crippen MR) is 60.4 cm³/mol. The van der Waals surface area contributed by atoms with Crippen LogP contribution in [0.15, 0.2) is 22.8 Å². The van der Waals surface area contributed by atoms with Crippen LogP contribution in [0, 0.1) is 0 Å². The predicted octanol–water partition coefficient (Wildman–Crippen LogP) is 2.83. The van der Waals surface area contributed by atoms with E-state index in [0.717, 1.165) is 23.9 Å². The van der Waals surface area contributed by atoms with Gasteiger partial charge in [0.1, 0.15) is 5.76 Å². The van der Waals surface area contributed by atoms with Crippen molar-refractivity contribution in [2.75, 3.05) is 5.32 Å². The standard InChI is InChI=1S/C9H10ClN3OS/c1-6(5-7-3-2-4-14-7)11-9-8(10)12-15-13-9/h2-4,6H,5H2,1H3,(H,11,13). The van der Waals surface area contributed by atoms with E-state index in [9.17, 15) is 0 Å². The molecule has 15 heavy (non-hydrogen) atoms. The Morgan fingerprint density at radius 1 is 1.60 bits per heavy atom. The van der Waals surface area contributed by atoms with Crippen LogP contribution in [-0.2, 0) is 6.42 Å². The number of furan rings is 1. The largest absolute Gasteiger partial charge is 0.469 e. The summed E-state index contributed by atoms with van der Waals surface area (Å²) < 4.78 is 13.2. The normalized spacial score (nSPS) is 12.7. The first-order valence-corrected chi connectivity index (χ1v) is 5.63. The molecule has 0 aliphatic rings. The highest BCUT2D eigenvalue weighted by Crippen LogP contribution is 2.19. The summed E-state index contributed by atoms with van der Waals surface area (Å²) in [6.07, 6.45) is 2.46. The molecule has 2 heterocycles. The maximum atomic E-state index is 5.82. The third-order valence-electron chi connectivity index (χ3n) is 1.92. The van der Waals surface area contributed by atoms with Crippen molar-refractivity contribution in [2.45, 2.75) is 19.4 Å². The van der Waals surface area contributed by atoms with Crippen molar-refractivity contribution in [3.8, 4) is 0 Å². The van der Waals surface area contributed by atoms with Gasteiger partial charge in [0.25, 0.3) is 0 Å². The average Bonchev–Trinajstić information content (AvgIpc) is 2.79. The Kier molecular flexibility index (Phi) is 3.23. The lowest BCUT2D eigenvalue weighted by atomic mass is 10.2. The van der Waals surface area contributed by atoms with E-state index in [1.165, 1.54) is 0 Å². The Labute approximate surface area is 96.6 Å². The van der Waals surface area contributed by atoms with Gasteiger partial charge in [-0.1, -0.05) is 11.6 Å². The van der Waals surface area contributed by atoms with Gasteiger partial charge in [-0.3, -0.25) is 0 Å². The van der Waals surface area contributed by atoms with Crippen molar-refractivity contribution >= 4 is 29.1 Å². The van der Waals surface area contributed by atoms with Crippen molar-refractivity contribution in [1.82, 2.24) is 8.75 Å². The third-order valence-corrected chi connectivity index (χ3v) is 2.81. The Morgan fingerprint density at radius 2 is 2.47 bits per heavy atom. The Hall–Kier alpha value is -1.07. The van der Waals surface area contributed by atoms with Gasteiger partial charge in [-0.05, 0) is 19.1 Å². The van der Waals surface area contributed by atoms with E-state index >= 15 is 0 Å². The fraction of sp³-hybridized carbons (Fsp3) is 0.333. The summed E-state index contributed by atoms with van der Waals surface area (Å²) in [7, 11) is 0. The number of hydrogen-bond donors (Lipinski definition) is 1. The second-order valence-corrected chi connectivity index (χ2v) is 4.12. The van der Waals surface area contributed by atoms with Crippen LogP contribution in [0.5, 0.6) is 0 Å². The molecule has 2 rings (SSSR count). The number of anilines is 1. The molecule has 4 nitrogen and oxygen atoms in total. The molecule has 80 valence electrons. The molecule has 1 N–H and O–H groups in total. The van der Waals surface area contributed by atoms with Crippen LogP contribution < -0.4 is 5.32 Å². The van der Waals surface area contributed by atoms with Crippen LogP contribution in [0.3, 0.4) is 0 Å². The molecule has 0 aliphatic heterocycles. The monoisotopic (exact) mass is 243 g/mol. The Bertz CT molecular complexity index is 415. The molecule has 0 spiro atoms. The fourth-order valence-electron chi connectivity index (χ4n) is 1.28. The van der Waals surface area contributed by atoms with Gasteiger partial charge in [0, 0.05) is 12.5 Å². The Balaban J connectivity index is 1.93. The number of halogens is 1. The van der Waals surface area contributed by atoms with Crippen molar-refractivity contribution < 1.29 is 4.42 Å². The van der Waals surface area contributed by atoms with Gasteiger partial charge < -0.3 is 9.73 Å². The summed E-state index contributed by atoms with van der Waals surface area (Å²) in [6, 6.07) is 4.02. The smallest absolute Gasteiger partial charge is 0.186 e. The van der Waals surface area contributed by atoms with Crippen molar-refractivity contribution in [2.24, 2.45) is 0 Å². The van der Waals surface area contributed by atoms with Crippen molar-refractivity contribution in [3.63, 3.8) is 0 Å². The first kappa shape index (κ1) is 10.4. The zero-order valence-corrected chi connectivity index (χ0v) is 9.68. The zero-order valence-electron chi connectivity index (χ0n) is 8.11. The molecule has 0 fully saturated rings. The van der Waals surface area contributed by atoms with Gasteiger partial charge in [0.2, 0.25) is 0 Å². The number of nitrogens with one attached hydrogen (secondary N) is 1. The minimum atomic E-state index is 0.206. The van der Waals surface area contributed by atoms with Crippen molar-refractivity contribution in [1.29, 1.82) is 0 Å². The van der Waals surface area contributed by atoms with E-state index in [2.05, 4.69) is 14.1 Å². The minimum absolute atomic E-state index is 0.206. The van der Waals surface area contributed by atoms with E-state index < -0.39 is 0 Å². The summed E-state index contributed by atoms with van der Waals surface area (Å²) in [6.45, 7) is 2.04. The van der Waals surface area contributed by atoms with Crippen molar-refractivity contribution in [3.05, 3.63) is 29.3 Å². The van der Waals surface area contributed by atoms with Gasteiger partial charge in [0.15, 0.2) is 11.0 Å². The Morgan fingerprint density at radius 3 is 3.07 bits per heavy atom. The van der Waals surface area contributed by atoms with E-state index in [1.807, 2.05) is 19.1 Å². The van der Waals surface area contributed by atoms with E-state index in [0.29, 0.717) is 11.0 Å². The lowest BCUT2D eigenvalue weighted by molar-refractivity contribution is 0.497. The van der Waals surface area contributed by atoms with Gasteiger partial charge in [-0.15, -0.1) is 0 Å². The quantitative estimate of drug-likeness (QED) is 0.897. The van der Waals surface area contributed by atoms with Crippen LogP contribution in [0.25, 0.3) is 0 Å². The lowest BCUT2D eigenvalue weighted by Gasteiger charge is -2.10. The van der Waals surface area contributed by atoms with Crippen LogP contribution in [0.2, 0.25) is 5.15 Å². The van der Waals surface area contributed by atoms with Gasteiger partial charge in [-0.25, -0.2) is 0 Å². The van der Waals surface area contributed by atoms with Crippen LogP contribution in [-0.4, -0.2) is 14.8 Å². The molecule has 0 aliphatic carbocycles. The van der Waals surface area contributed by atoms with Gasteiger partial charge in [-0.2, -0.15) is 8.75 Å². The number of hydrogen-bond acceptors (Lipinski definition) is 5. The molecule has 1 unspecified atom stereocenters. The van der Waals surface area contributed by atoms with Gasteiger partial charge in [0.05, 0.1) is 18.0 Å². The molecule has 2 aromatic heterocycles. The highest BCUT2D eigenvalue weighted by molar-refractivity contribution is 6.99. The third kappa shape index (κ3) is 2.70. The second kappa shape index (κ2) is 4.63. The molecule has 6 heteroatoms. The maximum Gasteiger partial charge on any atom is 0.186 e. The zero-order chi connectivity index (χ0) is 10.7. The summed E-state index contributed by atoms with van der Waals surface area (Å²) in [5.41, 5.74) is 0. The molecule has 0 saturated carbocycles. The summed E-state index contributed by atoms with van der Waals surface area (Å²) in [5, 5.41) is 3.60. The molecule has 0 bridgehead atoms. The molecule has 0 amide bonds. The highest BCUT2D eigenvalue weighted by atomic mass is 35.5. The fourth-order valence-corrected chi connectivity index (χ4v) is 1.94. The molecule has 2 aromatic rings. The molecule has 0 aromatic carbocycles. The molecular formula is C9H10ClN3OS. The van der Waals surface area contributed by atoms with E-state index in [-0.39, 0.29) is 6.04 Å². The minimum Gasteiger partial charge on any atom is -0.469 e. The summed E-state index contributed by atoms with van der Waals surface area (Å²) in [4.78, 5) is 0. The topological polar surface area (TPSA) is 51.0 Å². The first-order chi connectivity index (χ1) is 7.25. The summed E-state index contributed by atoms with van der Waals surface area (Å²) >= 11 is 6.91. The van der Waals surface area contributed by atoms with Gasteiger partial charge >= 0.3 is 0 Å². The van der Waals surface area contributed by atoms with Crippen LogP contribution >= 0.6 is 23.3 Å². The summed E-state index contributed by atoms with van der Waals surface area (Å²) in [5.74, 6) is 1.58. The first-order valence-electron chi connectivity index (χ1n) is 4.52. The lowest BCUT2D eigenvalue weighted by Crippen LogP contribution is -2.18. The molecular weight excluding hydrogens is 234 g/mol. The van der Waals surface area contributed by atoms with Crippen LogP contribution in [0.4, 0.5) is 5.82 Å². The molecule has 1 atom stereocenters. The number of rotatable bonds is 4. The molecule has 0 saturated heterocycles. The van der Waals surface area contributed by atoms with E-state index in [1.54, 1.807) is 6.26 Å². The molecule has 0 radical (unpaired) electrons. The van der Waals surface area contributed by atoms with E-state index in [4.69, 9.17) is 16.0 Å². The number of aromatic nitrogens is 2. The maximum absolute atomic E-state index is 5.82. The second-order valence-electron chi connectivity index (χ2n) is 3.23. The van der Waals surface area contributed by atoms with Crippen LogP contribution in [0.1, 0.15) is 12.7 Å². The number of nitrogens with zero attached hydrogens (tertiary/aromatic N) is 2.